The number of halogens is 3. The number of aromatic nitrogens is 3. The van der Waals surface area contributed by atoms with Crippen molar-refractivity contribution < 1.29 is 22.4 Å². The van der Waals surface area contributed by atoms with E-state index in [1.54, 1.807) is 6.07 Å². The maximum Gasteiger partial charge on any atom is 0.251 e. The predicted octanol–water partition coefficient (Wildman–Crippen LogP) is 4.93. The van der Waals surface area contributed by atoms with Gasteiger partial charge in [-0.3, -0.25) is 4.90 Å². The molecule has 5 aliphatic rings. The number of likely N-dealkylation sites (tertiary alicyclic amines) is 1. The van der Waals surface area contributed by atoms with Crippen molar-refractivity contribution in [3.63, 3.8) is 0 Å². The molecule has 3 aliphatic carbocycles. The Bertz CT molecular complexity index is 1780. The van der Waals surface area contributed by atoms with Crippen LogP contribution >= 0.6 is 0 Å². The topological polar surface area (TPSA) is 129 Å². The van der Waals surface area contributed by atoms with E-state index in [4.69, 9.17) is 25.0 Å². The Labute approximate surface area is 277 Å². The number of benzene rings is 1. The van der Waals surface area contributed by atoms with Crippen LogP contribution in [0.5, 0.6) is 5.88 Å². The quantitative estimate of drug-likeness (QED) is 0.363. The highest BCUT2D eigenvalue weighted by Crippen LogP contribution is 2.53. The Morgan fingerprint density at radius 1 is 1.19 bits per heavy atom. The van der Waals surface area contributed by atoms with Crippen LogP contribution < -0.4 is 20.7 Å². The van der Waals surface area contributed by atoms with Crippen LogP contribution in [-0.2, 0) is 18.3 Å². The molecule has 2 spiro atoms. The summed E-state index contributed by atoms with van der Waals surface area (Å²) in [5, 5.41) is 18.1. The number of piperazine rings is 1. The highest BCUT2D eigenvalue weighted by Gasteiger charge is 2.58. The van der Waals surface area contributed by atoms with Gasteiger partial charge in [-0.25, -0.2) is 18.2 Å². The first kappa shape index (κ1) is 31.4. The van der Waals surface area contributed by atoms with E-state index >= 15 is 0 Å². The second-order valence-electron chi connectivity index (χ2n) is 14.7. The highest BCUT2D eigenvalue weighted by atomic mass is 19.3. The van der Waals surface area contributed by atoms with Crippen molar-refractivity contribution in [2.24, 2.45) is 0 Å². The van der Waals surface area contributed by atoms with Gasteiger partial charge >= 0.3 is 0 Å². The number of alkyl halides is 3. The third-order valence-corrected chi connectivity index (χ3v) is 11.4. The first-order chi connectivity index (χ1) is 23.0. The van der Waals surface area contributed by atoms with Crippen LogP contribution in [0.1, 0.15) is 79.9 Å². The maximum atomic E-state index is 14.3. The zero-order valence-corrected chi connectivity index (χ0v) is 27.4. The van der Waals surface area contributed by atoms with Crippen molar-refractivity contribution in [1.82, 2.24) is 25.3 Å². The van der Waals surface area contributed by atoms with Crippen LogP contribution in [-0.4, -0.2) is 83.0 Å². The summed E-state index contributed by atoms with van der Waals surface area (Å²) in [6, 6.07) is 7.84. The number of hydrogen-bond acceptors (Lipinski definition) is 10. The third-order valence-electron chi connectivity index (χ3n) is 11.4. The molecule has 4 atom stereocenters. The summed E-state index contributed by atoms with van der Waals surface area (Å²) in [6.07, 6.45) is 3.62. The van der Waals surface area contributed by atoms with Gasteiger partial charge in [0, 0.05) is 67.9 Å². The minimum absolute atomic E-state index is 0.130. The average Bonchev–Trinajstić information content (AvgIpc) is 3.63. The van der Waals surface area contributed by atoms with E-state index in [9.17, 15) is 18.4 Å². The number of nitrogen functional groups attached to an aromatic ring is 1. The number of aryl methyl sites for hydroxylation is 1. The molecule has 8 rings (SSSR count). The van der Waals surface area contributed by atoms with Gasteiger partial charge in [0.25, 0.3) is 5.92 Å². The Kier molecular flexibility index (Phi) is 7.41. The van der Waals surface area contributed by atoms with E-state index in [1.165, 1.54) is 0 Å². The van der Waals surface area contributed by atoms with E-state index in [-0.39, 0.29) is 25.0 Å². The molecular formula is C35H41F3N8O2. The lowest BCUT2D eigenvalue weighted by molar-refractivity contribution is -0.133. The summed E-state index contributed by atoms with van der Waals surface area (Å²) in [7, 11) is 1.89. The van der Waals surface area contributed by atoms with Crippen LogP contribution in [0.2, 0.25) is 0 Å². The molecule has 13 heteroatoms. The molecule has 3 aromatic rings. The number of fused-ring (bicyclic) bond motifs is 4. The smallest absolute Gasteiger partial charge is 0.251 e. The van der Waals surface area contributed by atoms with Gasteiger partial charge in [0.15, 0.2) is 17.3 Å². The largest absolute Gasteiger partial charge is 0.473 e. The van der Waals surface area contributed by atoms with Gasteiger partial charge in [-0.1, -0.05) is 11.2 Å². The Hall–Kier alpha value is -3.89. The predicted molar refractivity (Wildman–Crippen MR) is 173 cm³/mol. The van der Waals surface area contributed by atoms with Gasteiger partial charge in [-0.15, -0.1) is 0 Å². The summed E-state index contributed by atoms with van der Waals surface area (Å²) in [5.74, 6) is -0.741. The SMILES string of the molecule is CC(Oc1cc(N2CCNC3(C2)CC(F)(F)C3)nc(-c2noc3c2CCCC32CCCc3ccc(N)c(C#N)c32)n1)C1CC(F)CN1C. The minimum Gasteiger partial charge on any atom is -0.473 e. The fraction of sp³-hybridized carbons (Fsp3) is 0.600. The van der Waals surface area contributed by atoms with E-state index in [1.807, 2.05) is 35.9 Å². The third kappa shape index (κ3) is 5.10. The average molecular weight is 663 g/mol. The zero-order valence-electron chi connectivity index (χ0n) is 27.4. The van der Waals surface area contributed by atoms with Crippen molar-refractivity contribution in [1.29, 1.82) is 5.26 Å². The summed E-state index contributed by atoms with van der Waals surface area (Å²) < 4.78 is 55.1. The Morgan fingerprint density at radius 3 is 2.71 bits per heavy atom. The Morgan fingerprint density at radius 2 is 1.98 bits per heavy atom. The molecule has 1 saturated carbocycles. The minimum atomic E-state index is -2.68. The molecule has 3 fully saturated rings. The molecule has 48 heavy (non-hydrogen) atoms. The number of hydrogen-bond donors (Lipinski definition) is 2. The van der Waals surface area contributed by atoms with Gasteiger partial charge < -0.3 is 25.2 Å². The van der Waals surface area contributed by atoms with E-state index in [0.717, 1.165) is 54.6 Å². The van der Waals surface area contributed by atoms with Gasteiger partial charge in [0.05, 0.1) is 11.0 Å². The van der Waals surface area contributed by atoms with Crippen LogP contribution in [0.4, 0.5) is 24.7 Å². The molecule has 4 unspecified atom stereocenters. The second kappa shape index (κ2) is 11.3. The molecular weight excluding hydrogens is 621 g/mol. The van der Waals surface area contributed by atoms with E-state index in [2.05, 4.69) is 16.5 Å². The van der Waals surface area contributed by atoms with Crippen molar-refractivity contribution in [2.75, 3.05) is 43.9 Å². The summed E-state index contributed by atoms with van der Waals surface area (Å²) in [5.41, 5.74) is 9.56. The fourth-order valence-corrected chi connectivity index (χ4v) is 9.35. The lowest BCUT2D eigenvalue weighted by Gasteiger charge is -2.53. The Balaban J connectivity index is 1.20. The zero-order chi connectivity index (χ0) is 33.4. The number of nitrogens with one attached hydrogen (secondary N) is 1. The van der Waals surface area contributed by atoms with E-state index < -0.39 is 23.0 Å². The number of anilines is 2. The van der Waals surface area contributed by atoms with Gasteiger partial charge in [0.2, 0.25) is 5.88 Å². The van der Waals surface area contributed by atoms with Gasteiger partial charge in [-0.2, -0.15) is 10.2 Å². The number of nitriles is 1. The number of rotatable bonds is 5. The summed E-state index contributed by atoms with van der Waals surface area (Å²) in [4.78, 5) is 13.8. The molecule has 0 radical (unpaired) electrons. The van der Waals surface area contributed by atoms with Crippen LogP contribution in [0.15, 0.2) is 22.7 Å². The lowest BCUT2D eigenvalue weighted by atomic mass is 9.61. The van der Waals surface area contributed by atoms with Crippen molar-refractivity contribution in [2.45, 2.75) is 99.9 Å². The molecule has 3 N–H and O–H groups in total. The van der Waals surface area contributed by atoms with Gasteiger partial charge in [0.1, 0.15) is 24.2 Å². The molecule has 2 saturated heterocycles. The molecule has 10 nitrogen and oxygen atoms in total. The van der Waals surface area contributed by atoms with Crippen molar-refractivity contribution in [3.05, 3.63) is 46.2 Å². The molecule has 2 aromatic heterocycles. The first-order valence-electron chi connectivity index (χ1n) is 17.1. The standard InChI is InChI=1S/C35H41F3N8O2/c1-20(26-13-22(36)16-45(26)2)47-28-14-27(46-12-11-41-33(19-46)17-35(37,38)18-33)42-32(43-28)30-23-6-4-10-34(31(23)48-44-30)9-3-5-21-7-8-25(40)24(15-39)29(21)34/h7-8,14,20,22,26,41H,3-6,9-13,16-19,40H2,1-2H3. The number of likely N-dealkylation sites (N-methyl/N-ethyl adjacent to an activating group) is 1. The maximum absolute atomic E-state index is 14.3. The fourth-order valence-electron chi connectivity index (χ4n) is 9.35. The van der Waals surface area contributed by atoms with Crippen LogP contribution in [0, 0.1) is 11.3 Å². The summed E-state index contributed by atoms with van der Waals surface area (Å²) >= 11 is 0. The number of nitrogens with zero attached hydrogens (tertiary/aromatic N) is 6. The summed E-state index contributed by atoms with van der Waals surface area (Å²) in [6.45, 7) is 3.75. The number of ether oxygens (including phenoxy) is 1. The highest BCUT2D eigenvalue weighted by molar-refractivity contribution is 5.67. The molecule has 0 amide bonds. The monoisotopic (exact) mass is 662 g/mol. The van der Waals surface area contributed by atoms with Crippen LogP contribution in [0.3, 0.4) is 0 Å². The first-order valence-corrected chi connectivity index (χ1v) is 17.1. The van der Waals surface area contributed by atoms with E-state index in [0.29, 0.717) is 73.5 Å². The molecule has 1 aromatic carbocycles. The number of nitrogens with two attached hydrogens (primary N) is 1. The van der Waals surface area contributed by atoms with Crippen LogP contribution in [0.25, 0.3) is 11.5 Å². The lowest BCUT2D eigenvalue weighted by Crippen LogP contribution is -2.70. The van der Waals surface area contributed by atoms with Crippen molar-refractivity contribution >= 4 is 11.5 Å². The molecule has 2 aliphatic heterocycles. The van der Waals surface area contributed by atoms with Gasteiger partial charge in [-0.05, 0) is 76.1 Å². The molecule has 0 bridgehead atoms. The van der Waals surface area contributed by atoms with Crippen molar-refractivity contribution in [3.8, 4) is 23.5 Å². The second-order valence-corrected chi connectivity index (χ2v) is 14.7. The molecule has 4 heterocycles. The molecule has 254 valence electrons. The normalized spacial score (nSPS) is 28.0.